The summed E-state index contributed by atoms with van der Waals surface area (Å²) < 4.78 is 0. The van der Waals surface area contributed by atoms with Crippen molar-refractivity contribution in [3.63, 3.8) is 0 Å². The minimum atomic E-state index is 0.901. The van der Waals surface area contributed by atoms with Gasteiger partial charge in [0.05, 0.1) is 0 Å². The molecule has 5 unspecified atom stereocenters. The van der Waals surface area contributed by atoms with E-state index in [1.165, 1.54) is 23.7 Å². The van der Waals surface area contributed by atoms with E-state index in [-0.39, 0.29) is 0 Å². The zero-order valence-corrected chi connectivity index (χ0v) is 13.0. The van der Waals surface area contributed by atoms with Crippen molar-refractivity contribution in [2.45, 2.75) is 83.5 Å². The molecule has 0 aliphatic heterocycles. The summed E-state index contributed by atoms with van der Waals surface area (Å²) in [6.45, 7) is 0. The van der Waals surface area contributed by atoms with Gasteiger partial charge in [0, 0.05) is 0 Å². The minimum absolute atomic E-state index is 0.901. The van der Waals surface area contributed by atoms with Crippen molar-refractivity contribution < 1.29 is 0 Å². The molecular formula is C20H30. The van der Waals surface area contributed by atoms with Crippen LogP contribution in [0.1, 0.15) is 83.5 Å². The highest BCUT2D eigenvalue weighted by Gasteiger charge is 2.73. The molecule has 0 amide bonds. The molecule has 20 heavy (non-hydrogen) atoms. The Morgan fingerprint density at radius 1 is 0.550 bits per heavy atom. The zero-order chi connectivity index (χ0) is 13.0. The molecule has 0 nitrogen and oxygen atoms in total. The van der Waals surface area contributed by atoms with Crippen molar-refractivity contribution >= 4 is 0 Å². The van der Waals surface area contributed by atoms with Crippen LogP contribution in [0.2, 0.25) is 0 Å². The van der Waals surface area contributed by atoms with Crippen LogP contribution < -0.4 is 0 Å². The van der Waals surface area contributed by atoms with Crippen molar-refractivity contribution in [3.8, 4) is 0 Å². The van der Waals surface area contributed by atoms with Crippen LogP contribution in [0.25, 0.3) is 0 Å². The summed E-state index contributed by atoms with van der Waals surface area (Å²) in [5.74, 6) is 4.82. The summed E-state index contributed by atoms with van der Waals surface area (Å²) in [6, 6.07) is 0. The predicted molar refractivity (Wildman–Crippen MR) is 81.3 cm³/mol. The Morgan fingerprint density at radius 2 is 1.10 bits per heavy atom. The van der Waals surface area contributed by atoms with E-state index in [4.69, 9.17) is 0 Å². The van der Waals surface area contributed by atoms with E-state index in [1.807, 2.05) is 0 Å². The molecule has 0 aromatic carbocycles. The van der Waals surface area contributed by atoms with Crippen molar-refractivity contribution in [2.75, 3.05) is 0 Å². The summed E-state index contributed by atoms with van der Waals surface area (Å²) in [7, 11) is 0. The Balaban J connectivity index is 1.19. The van der Waals surface area contributed by atoms with Gasteiger partial charge in [0.25, 0.3) is 0 Å². The Morgan fingerprint density at radius 3 is 1.85 bits per heavy atom. The number of rotatable bonds is 2. The average molecular weight is 270 g/mol. The van der Waals surface area contributed by atoms with E-state index < -0.39 is 0 Å². The zero-order valence-electron chi connectivity index (χ0n) is 13.0. The number of hydrogen-bond donors (Lipinski definition) is 0. The first kappa shape index (κ1) is 11.6. The van der Waals surface area contributed by atoms with Crippen molar-refractivity contribution in [2.24, 2.45) is 39.9 Å². The second-order valence-electron chi connectivity index (χ2n) is 10.1. The maximum Gasteiger partial charge on any atom is -0.0258 e. The van der Waals surface area contributed by atoms with E-state index >= 15 is 0 Å². The lowest BCUT2D eigenvalue weighted by Crippen LogP contribution is -2.22. The highest BCUT2D eigenvalue weighted by Crippen LogP contribution is 2.82. The minimum Gasteiger partial charge on any atom is -0.0527 e. The fourth-order valence-corrected chi connectivity index (χ4v) is 7.75. The third-order valence-electron chi connectivity index (χ3n) is 9.09. The third kappa shape index (κ3) is 1.40. The van der Waals surface area contributed by atoms with Gasteiger partial charge in [0.15, 0.2) is 0 Å². The molecule has 5 atom stereocenters. The van der Waals surface area contributed by atoms with Gasteiger partial charge in [-0.25, -0.2) is 0 Å². The van der Waals surface area contributed by atoms with E-state index in [0.717, 1.165) is 16.2 Å². The lowest BCUT2D eigenvalue weighted by molar-refractivity contribution is 0.181. The quantitative estimate of drug-likeness (QED) is 0.616. The standard InChI is InChI=1S/C20H30/c1-2-7-18(6-1)11-16(18)17-12-20(17)9-3-8-19(13-20)10-15(19)14-4-5-14/h14-17H,1-13H2. The molecule has 110 valence electrons. The highest BCUT2D eigenvalue weighted by atomic mass is 14.8. The number of hydrogen-bond acceptors (Lipinski definition) is 0. The van der Waals surface area contributed by atoms with Crippen molar-refractivity contribution in [1.29, 1.82) is 0 Å². The van der Waals surface area contributed by atoms with E-state index in [0.29, 0.717) is 0 Å². The molecule has 3 spiro atoms. The molecule has 6 fully saturated rings. The van der Waals surface area contributed by atoms with Gasteiger partial charge in [0.2, 0.25) is 0 Å². The van der Waals surface area contributed by atoms with Crippen LogP contribution in [0, 0.1) is 39.9 Å². The van der Waals surface area contributed by atoms with Crippen molar-refractivity contribution in [1.82, 2.24) is 0 Å². The maximum absolute atomic E-state index is 1.69. The van der Waals surface area contributed by atoms with Crippen LogP contribution >= 0.6 is 0 Å². The maximum atomic E-state index is 1.69. The van der Waals surface area contributed by atoms with Crippen LogP contribution in [-0.4, -0.2) is 0 Å². The average Bonchev–Trinajstić information content (AvgIpc) is 3.23. The second-order valence-corrected chi connectivity index (χ2v) is 10.1. The van der Waals surface area contributed by atoms with Gasteiger partial charge < -0.3 is 0 Å². The first-order valence-corrected chi connectivity index (χ1v) is 9.76. The van der Waals surface area contributed by atoms with Crippen molar-refractivity contribution in [3.05, 3.63) is 0 Å². The largest absolute Gasteiger partial charge is 0.0527 e. The Hall–Kier alpha value is 0. The Labute approximate surface area is 124 Å². The molecule has 0 heteroatoms. The Kier molecular flexibility index (Phi) is 1.92. The fraction of sp³-hybridized carbons (Fsp3) is 1.00. The van der Waals surface area contributed by atoms with Gasteiger partial charge in [-0.05, 0) is 104 Å². The second kappa shape index (κ2) is 3.33. The van der Waals surface area contributed by atoms with Gasteiger partial charge in [-0.1, -0.05) is 19.3 Å². The van der Waals surface area contributed by atoms with E-state index in [9.17, 15) is 0 Å². The van der Waals surface area contributed by atoms with E-state index in [2.05, 4.69) is 0 Å². The summed E-state index contributed by atoms with van der Waals surface area (Å²) >= 11 is 0. The molecule has 0 radical (unpaired) electrons. The molecule has 0 heterocycles. The molecule has 0 aromatic heterocycles. The topological polar surface area (TPSA) is 0 Å². The van der Waals surface area contributed by atoms with Crippen LogP contribution in [0.15, 0.2) is 0 Å². The molecule has 6 saturated carbocycles. The van der Waals surface area contributed by atoms with Crippen LogP contribution in [0.5, 0.6) is 0 Å². The van der Waals surface area contributed by atoms with Crippen LogP contribution in [0.4, 0.5) is 0 Å². The molecule has 0 bridgehead atoms. The lowest BCUT2D eigenvalue weighted by Gasteiger charge is -2.32. The fourth-order valence-electron chi connectivity index (χ4n) is 7.75. The molecule has 0 aromatic rings. The predicted octanol–water partition coefficient (Wildman–Crippen LogP) is 5.56. The molecule has 6 aliphatic carbocycles. The lowest BCUT2D eigenvalue weighted by atomic mass is 9.73. The summed E-state index contributed by atoms with van der Waals surface area (Å²) in [6.07, 6.45) is 21.0. The van der Waals surface area contributed by atoms with Gasteiger partial charge in [-0.3, -0.25) is 0 Å². The molecular weight excluding hydrogens is 240 g/mol. The summed E-state index contributed by atoms with van der Waals surface area (Å²) in [5.41, 5.74) is 2.72. The van der Waals surface area contributed by atoms with Crippen LogP contribution in [-0.2, 0) is 0 Å². The molecule has 6 rings (SSSR count). The molecule has 0 N–H and O–H groups in total. The molecule has 0 saturated heterocycles. The monoisotopic (exact) mass is 270 g/mol. The van der Waals surface area contributed by atoms with Gasteiger partial charge in [0.1, 0.15) is 0 Å². The van der Waals surface area contributed by atoms with E-state index in [1.54, 1.807) is 83.5 Å². The van der Waals surface area contributed by atoms with Crippen LogP contribution in [0.3, 0.4) is 0 Å². The third-order valence-corrected chi connectivity index (χ3v) is 9.09. The molecule has 6 aliphatic rings. The normalized spacial score (nSPS) is 58.5. The first-order chi connectivity index (χ1) is 9.76. The van der Waals surface area contributed by atoms with Gasteiger partial charge >= 0.3 is 0 Å². The highest BCUT2D eigenvalue weighted by molar-refractivity contribution is 5.22. The SMILES string of the molecule is C1CCC2(C1)CC2C1CC12CCCC1(CC1C1CC1)C2. The summed E-state index contributed by atoms with van der Waals surface area (Å²) in [4.78, 5) is 0. The summed E-state index contributed by atoms with van der Waals surface area (Å²) in [5, 5.41) is 0. The van der Waals surface area contributed by atoms with Gasteiger partial charge in [-0.15, -0.1) is 0 Å². The van der Waals surface area contributed by atoms with Gasteiger partial charge in [-0.2, -0.15) is 0 Å². The smallest absolute Gasteiger partial charge is 0.0258 e. The first-order valence-electron chi connectivity index (χ1n) is 9.76. The Bertz CT molecular complexity index is 455.